The lowest BCUT2D eigenvalue weighted by Crippen LogP contribution is -2.24. The van der Waals surface area contributed by atoms with E-state index in [9.17, 15) is 4.79 Å². The molecule has 2 aromatic carbocycles. The van der Waals surface area contributed by atoms with Crippen molar-refractivity contribution >= 4 is 23.4 Å². The Hall–Kier alpha value is -2.60. The van der Waals surface area contributed by atoms with Gasteiger partial charge in [0.25, 0.3) is 0 Å². The van der Waals surface area contributed by atoms with Crippen molar-refractivity contribution < 1.29 is 9.32 Å². The number of amides is 1. The lowest BCUT2D eigenvalue weighted by molar-refractivity contribution is -0.117. The Bertz CT molecular complexity index is 967. The maximum atomic E-state index is 12.6. The van der Waals surface area contributed by atoms with Crippen molar-refractivity contribution in [2.24, 2.45) is 0 Å². The van der Waals surface area contributed by atoms with Crippen molar-refractivity contribution in [1.82, 2.24) is 10.1 Å². The highest BCUT2D eigenvalue weighted by Gasteiger charge is 2.35. The molecule has 1 aliphatic heterocycles. The second-order valence-electron chi connectivity index (χ2n) is 7.36. The van der Waals surface area contributed by atoms with Gasteiger partial charge in [-0.2, -0.15) is 4.98 Å². The van der Waals surface area contributed by atoms with Crippen LogP contribution in [0.5, 0.6) is 0 Å². The number of aromatic nitrogens is 2. The number of nitrogens with zero attached hydrogens (tertiary/aromatic N) is 3. The second-order valence-corrected chi connectivity index (χ2v) is 8.24. The molecule has 4 rings (SSSR count). The summed E-state index contributed by atoms with van der Waals surface area (Å²) in [6, 6.07) is 16.4. The van der Waals surface area contributed by atoms with E-state index in [0.29, 0.717) is 24.7 Å². The molecule has 1 saturated heterocycles. The number of carbonyl (C=O) groups excluding carboxylic acids is 1. The number of carbonyl (C=O) groups is 1. The Labute approximate surface area is 175 Å². The average molecular weight is 408 g/mol. The molecule has 5 nitrogen and oxygen atoms in total. The van der Waals surface area contributed by atoms with Crippen LogP contribution in [0.2, 0.25) is 0 Å². The molecular formula is C23H25N3O2S. The Morgan fingerprint density at radius 3 is 2.59 bits per heavy atom. The van der Waals surface area contributed by atoms with Gasteiger partial charge in [-0.3, -0.25) is 4.79 Å². The standard InChI is InChI=1S/C23H25N3O2S/c1-3-4-5-16-6-10-19(11-7-16)26-15-18(14-21(26)27)23-24-22(25-28-23)17-8-12-20(29-2)13-9-17/h6-13,18H,3-5,14-15H2,1-2H3. The molecule has 0 aliphatic carbocycles. The lowest BCUT2D eigenvalue weighted by atomic mass is 10.1. The fourth-order valence-electron chi connectivity index (χ4n) is 3.60. The van der Waals surface area contributed by atoms with E-state index in [4.69, 9.17) is 4.52 Å². The molecule has 3 aromatic rings. The monoisotopic (exact) mass is 407 g/mol. The van der Waals surface area contributed by atoms with Crippen molar-refractivity contribution in [2.45, 2.75) is 43.4 Å². The van der Waals surface area contributed by atoms with E-state index < -0.39 is 0 Å². The highest BCUT2D eigenvalue weighted by molar-refractivity contribution is 7.98. The Morgan fingerprint density at radius 1 is 1.14 bits per heavy atom. The zero-order valence-electron chi connectivity index (χ0n) is 16.8. The number of anilines is 1. The van der Waals surface area contributed by atoms with E-state index in [-0.39, 0.29) is 11.8 Å². The molecule has 0 spiro atoms. The van der Waals surface area contributed by atoms with Gasteiger partial charge in [-0.05, 0) is 61.1 Å². The smallest absolute Gasteiger partial charge is 0.232 e. The summed E-state index contributed by atoms with van der Waals surface area (Å²) in [6.07, 6.45) is 5.88. The highest BCUT2D eigenvalue weighted by atomic mass is 32.2. The number of rotatable bonds is 7. The molecule has 0 radical (unpaired) electrons. The molecule has 6 heteroatoms. The summed E-state index contributed by atoms with van der Waals surface area (Å²) in [7, 11) is 0. The molecular weight excluding hydrogens is 382 g/mol. The molecule has 0 saturated carbocycles. The van der Waals surface area contributed by atoms with E-state index in [1.807, 2.05) is 47.6 Å². The van der Waals surface area contributed by atoms with Crippen LogP contribution in [0.25, 0.3) is 11.4 Å². The van der Waals surface area contributed by atoms with Crippen LogP contribution in [0.3, 0.4) is 0 Å². The summed E-state index contributed by atoms with van der Waals surface area (Å²) in [5, 5.41) is 4.13. The Balaban J connectivity index is 1.46. The van der Waals surface area contributed by atoms with Crippen LogP contribution in [0.15, 0.2) is 57.9 Å². The van der Waals surface area contributed by atoms with Crippen molar-refractivity contribution in [3.63, 3.8) is 0 Å². The third-order valence-electron chi connectivity index (χ3n) is 5.33. The summed E-state index contributed by atoms with van der Waals surface area (Å²) >= 11 is 1.69. The van der Waals surface area contributed by atoms with Crippen molar-refractivity contribution in [3.8, 4) is 11.4 Å². The van der Waals surface area contributed by atoms with Crippen LogP contribution in [0, 0.1) is 0 Å². The van der Waals surface area contributed by atoms with Crippen molar-refractivity contribution in [2.75, 3.05) is 17.7 Å². The van der Waals surface area contributed by atoms with E-state index in [0.717, 1.165) is 17.7 Å². The largest absolute Gasteiger partial charge is 0.339 e. The summed E-state index contributed by atoms with van der Waals surface area (Å²) < 4.78 is 5.51. The molecule has 29 heavy (non-hydrogen) atoms. The third-order valence-corrected chi connectivity index (χ3v) is 6.07. The number of benzene rings is 2. The lowest BCUT2D eigenvalue weighted by Gasteiger charge is -2.16. The van der Waals surface area contributed by atoms with Gasteiger partial charge in [0, 0.05) is 29.1 Å². The summed E-state index contributed by atoms with van der Waals surface area (Å²) in [5.74, 6) is 1.12. The van der Waals surface area contributed by atoms with Crippen LogP contribution < -0.4 is 4.90 Å². The summed E-state index contributed by atoms with van der Waals surface area (Å²) in [5.41, 5.74) is 3.17. The minimum Gasteiger partial charge on any atom is -0.339 e. The minimum atomic E-state index is -0.0750. The highest BCUT2D eigenvalue weighted by Crippen LogP contribution is 2.32. The van der Waals surface area contributed by atoms with E-state index in [2.05, 4.69) is 29.2 Å². The summed E-state index contributed by atoms with van der Waals surface area (Å²) in [6.45, 7) is 2.76. The van der Waals surface area contributed by atoms with Gasteiger partial charge in [0.05, 0.1) is 5.92 Å². The Kier molecular flexibility index (Phi) is 6.00. The van der Waals surface area contributed by atoms with E-state index in [1.165, 1.54) is 23.3 Å². The summed E-state index contributed by atoms with van der Waals surface area (Å²) in [4.78, 5) is 20.2. The molecule has 0 bridgehead atoms. The van der Waals surface area contributed by atoms with Gasteiger partial charge < -0.3 is 9.42 Å². The fraction of sp³-hybridized carbons (Fsp3) is 0.348. The van der Waals surface area contributed by atoms with Crippen molar-refractivity contribution in [1.29, 1.82) is 0 Å². The normalized spacial score (nSPS) is 16.6. The molecule has 1 atom stereocenters. The zero-order chi connectivity index (χ0) is 20.2. The van der Waals surface area contributed by atoms with Gasteiger partial charge in [0.15, 0.2) is 0 Å². The topological polar surface area (TPSA) is 59.2 Å². The van der Waals surface area contributed by atoms with Gasteiger partial charge in [-0.1, -0.05) is 30.6 Å². The molecule has 1 aliphatic rings. The predicted octanol–water partition coefficient (Wildman–Crippen LogP) is 5.32. The molecule has 0 N–H and O–H groups in total. The van der Waals surface area contributed by atoms with Gasteiger partial charge in [0.2, 0.25) is 17.6 Å². The number of aryl methyl sites for hydroxylation is 1. The maximum absolute atomic E-state index is 12.6. The van der Waals surface area contributed by atoms with Crippen LogP contribution in [-0.4, -0.2) is 28.8 Å². The van der Waals surface area contributed by atoms with Gasteiger partial charge in [-0.25, -0.2) is 0 Å². The first-order valence-corrected chi connectivity index (χ1v) is 11.3. The van der Waals surface area contributed by atoms with Gasteiger partial charge in [0.1, 0.15) is 0 Å². The van der Waals surface area contributed by atoms with E-state index in [1.54, 1.807) is 11.8 Å². The molecule has 1 fully saturated rings. The first-order chi connectivity index (χ1) is 14.2. The van der Waals surface area contributed by atoms with Gasteiger partial charge in [-0.15, -0.1) is 11.8 Å². The predicted molar refractivity (Wildman–Crippen MR) is 116 cm³/mol. The average Bonchev–Trinajstić information content (AvgIpc) is 3.40. The number of thioether (sulfide) groups is 1. The second kappa shape index (κ2) is 8.82. The van der Waals surface area contributed by atoms with Crippen LogP contribution >= 0.6 is 11.8 Å². The fourth-order valence-corrected chi connectivity index (χ4v) is 4.01. The first kappa shape index (κ1) is 19.7. The number of hydrogen-bond acceptors (Lipinski definition) is 5. The van der Waals surface area contributed by atoms with E-state index >= 15 is 0 Å². The Morgan fingerprint density at radius 2 is 1.90 bits per heavy atom. The molecule has 1 aromatic heterocycles. The molecule has 150 valence electrons. The molecule has 1 amide bonds. The van der Waals surface area contributed by atoms with Crippen LogP contribution in [0.1, 0.15) is 43.6 Å². The first-order valence-electron chi connectivity index (χ1n) is 10.0. The SMILES string of the molecule is CCCCc1ccc(N2CC(c3nc(-c4ccc(SC)cc4)no3)CC2=O)cc1. The number of hydrogen-bond donors (Lipinski definition) is 0. The van der Waals surface area contributed by atoms with Crippen molar-refractivity contribution in [3.05, 3.63) is 60.0 Å². The number of unbranched alkanes of at least 4 members (excludes halogenated alkanes) is 1. The quantitative estimate of drug-likeness (QED) is 0.496. The van der Waals surface area contributed by atoms with Crippen LogP contribution in [-0.2, 0) is 11.2 Å². The minimum absolute atomic E-state index is 0.0750. The van der Waals surface area contributed by atoms with Gasteiger partial charge >= 0.3 is 0 Å². The van der Waals surface area contributed by atoms with Crippen LogP contribution in [0.4, 0.5) is 5.69 Å². The molecule has 1 unspecified atom stereocenters. The molecule has 2 heterocycles. The zero-order valence-corrected chi connectivity index (χ0v) is 17.6. The maximum Gasteiger partial charge on any atom is 0.232 e. The third kappa shape index (κ3) is 4.37.